The topological polar surface area (TPSA) is 121 Å². The van der Waals surface area contributed by atoms with Crippen LogP contribution in [0.15, 0.2) is 54.6 Å². The van der Waals surface area contributed by atoms with E-state index in [1.165, 1.54) is 4.90 Å². The van der Waals surface area contributed by atoms with Crippen LogP contribution in [-0.4, -0.2) is 49.2 Å². The summed E-state index contributed by atoms with van der Waals surface area (Å²) in [4.78, 5) is 30.8. The Labute approximate surface area is 218 Å². The monoisotopic (exact) mass is 507 g/mol. The Balaban J connectivity index is 1.27. The highest BCUT2D eigenvalue weighted by molar-refractivity contribution is 6.26. The maximum atomic E-state index is 14.1. The van der Waals surface area contributed by atoms with Crippen molar-refractivity contribution < 1.29 is 19.4 Å². The molecule has 5 atom stereocenters. The van der Waals surface area contributed by atoms with Crippen LogP contribution in [0.1, 0.15) is 30.9 Å². The molecular formula is C29H25N5O4. The van der Waals surface area contributed by atoms with Crippen LogP contribution >= 0.6 is 0 Å². The molecule has 9 nitrogen and oxygen atoms in total. The molecule has 4 heterocycles. The number of fused-ring (bicyclic) bond motifs is 7. The van der Waals surface area contributed by atoms with Gasteiger partial charge in [0.1, 0.15) is 16.6 Å². The molecule has 1 N–H and O–H groups in total. The van der Waals surface area contributed by atoms with Gasteiger partial charge in [-0.1, -0.05) is 30.3 Å². The lowest BCUT2D eigenvalue weighted by atomic mass is 9.66. The molecule has 0 saturated carbocycles. The number of hydrogen-bond donors (Lipinski definition) is 1. The molecule has 190 valence electrons. The van der Waals surface area contributed by atoms with E-state index in [0.717, 1.165) is 16.6 Å². The largest absolute Gasteiger partial charge is 0.390 e. The van der Waals surface area contributed by atoms with E-state index >= 15 is 0 Å². The molecule has 3 fully saturated rings. The SMILES string of the molecule is Cc1ccc2nn(CC[C@]34C[C@H](O)[C@](C)(O3)[C@@H]3C(=O)N(c5ccc(C#N)c6ccccc56)C(=O)[C@@H]34)nc2c1. The van der Waals surface area contributed by atoms with Gasteiger partial charge in [-0.05, 0) is 50.1 Å². The van der Waals surface area contributed by atoms with Crippen LogP contribution in [0.3, 0.4) is 0 Å². The molecule has 3 saturated heterocycles. The average Bonchev–Trinajstić information content (AvgIpc) is 3.58. The Morgan fingerprint density at radius 1 is 1.05 bits per heavy atom. The zero-order valence-corrected chi connectivity index (χ0v) is 21.0. The lowest BCUT2D eigenvalue weighted by Gasteiger charge is -2.33. The minimum absolute atomic E-state index is 0.255. The molecule has 7 rings (SSSR count). The highest BCUT2D eigenvalue weighted by atomic mass is 16.6. The molecule has 2 amide bonds. The van der Waals surface area contributed by atoms with Crippen molar-refractivity contribution in [1.29, 1.82) is 5.26 Å². The zero-order chi connectivity index (χ0) is 26.4. The number of rotatable bonds is 4. The number of aromatic nitrogens is 3. The van der Waals surface area contributed by atoms with Gasteiger partial charge in [0.2, 0.25) is 11.8 Å². The van der Waals surface area contributed by atoms with Gasteiger partial charge in [-0.2, -0.15) is 20.3 Å². The number of ether oxygens (including phenoxy) is 1. The van der Waals surface area contributed by atoms with E-state index in [2.05, 4.69) is 16.3 Å². The summed E-state index contributed by atoms with van der Waals surface area (Å²) in [5.74, 6) is -2.25. The van der Waals surface area contributed by atoms with Gasteiger partial charge in [-0.25, -0.2) is 4.90 Å². The number of amides is 2. The lowest BCUT2D eigenvalue weighted by molar-refractivity contribution is -0.133. The smallest absolute Gasteiger partial charge is 0.240 e. The number of aliphatic hydroxyl groups excluding tert-OH is 1. The second kappa shape index (κ2) is 7.69. The van der Waals surface area contributed by atoms with E-state index in [0.29, 0.717) is 35.0 Å². The fraction of sp³-hybridized carbons (Fsp3) is 0.345. The van der Waals surface area contributed by atoms with E-state index in [1.807, 2.05) is 49.4 Å². The first-order chi connectivity index (χ1) is 18.3. The number of anilines is 1. The van der Waals surface area contributed by atoms with Crippen molar-refractivity contribution in [2.45, 2.75) is 50.5 Å². The maximum Gasteiger partial charge on any atom is 0.240 e. The number of hydrogen-bond acceptors (Lipinski definition) is 7. The normalized spacial score (nSPS) is 29.9. The Bertz CT molecular complexity index is 1720. The highest BCUT2D eigenvalue weighted by Crippen LogP contribution is 2.62. The summed E-state index contributed by atoms with van der Waals surface area (Å²) in [5, 5.41) is 31.1. The maximum absolute atomic E-state index is 14.1. The number of aliphatic hydroxyl groups is 1. The third-order valence-electron chi connectivity index (χ3n) is 8.69. The van der Waals surface area contributed by atoms with Crippen LogP contribution in [0.25, 0.3) is 21.8 Å². The Hall–Kier alpha value is -4.13. The quantitative estimate of drug-likeness (QED) is 0.421. The van der Waals surface area contributed by atoms with Crippen LogP contribution in [0.2, 0.25) is 0 Å². The molecule has 2 bridgehead atoms. The molecule has 9 heteroatoms. The molecule has 0 spiro atoms. The third-order valence-corrected chi connectivity index (χ3v) is 8.69. The minimum Gasteiger partial charge on any atom is -0.390 e. The molecule has 0 unspecified atom stereocenters. The summed E-state index contributed by atoms with van der Waals surface area (Å²) >= 11 is 0. The summed E-state index contributed by atoms with van der Waals surface area (Å²) in [5.41, 5.74) is 1.39. The van der Waals surface area contributed by atoms with Crippen molar-refractivity contribution in [1.82, 2.24) is 15.0 Å². The first-order valence-corrected chi connectivity index (χ1v) is 12.8. The highest BCUT2D eigenvalue weighted by Gasteiger charge is 2.77. The van der Waals surface area contributed by atoms with Crippen molar-refractivity contribution in [2.24, 2.45) is 11.8 Å². The fourth-order valence-corrected chi connectivity index (χ4v) is 6.90. The molecule has 38 heavy (non-hydrogen) atoms. The first-order valence-electron chi connectivity index (χ1n) is 12.8. The average molecular weight is 508 g/mol. The summed E-state index contributed by atoms with van der Waals surface area (Å²) in [6, 6.07) is 18.6. The van der Waals surface area contributed by atoms with E-state index in [1.54, 1.807) is 23.9 Å². The number of carbonyl (C=O) groups excluding carboxylic acids is 2. The Morgan fingerprint density at radius 3 is 2.58 bits per heavy atom. The molecule has 0 radical (unpaired) electrons. The van der Waals surface area contributed by atoms with E-state index < -0.39 is 29.1 Å². The molecule has 3 aliphatic heterocycles. The number of benzene rings is 3. The summed E-state index contributed by atoms with van der Waals surface area (Å²) < 4.78 is 6.46. The second-order valence-corrected chi connectivity index (χ2v) is 10.9. The van der Waals surface area contributed by atoms with Crippen molar-refractivity contribution in [3.63, 3.8) is 0 Å². The third kappa shape index (κ3) is 2.93. The van der Waals surface area contributed by atoms with E-state index in [4.69, 9.17) is 4.74 Å². The number of aryl methyl sites for hydroxylation is 2. The van der Waals surface area contributed by atoms with Gasteiger partial charge >= 0.3 is 0 Å². The molecule has 0 aliphatic carbocycles. The lowest BCUT2D eigenvalue weighted by Crippen LogP contribution is -2.49. The molecule has 1 aromatic heterocycles. The number of nitrogens with zero attached hydrogens (tertiary/aromatic N) is 5. The van der Waals surface area contributed by atoms with Crippen LogP contribution in [-0.2, 0) is 20.9 Å². The Morgan fingerprint density at radius 2 is 1.79 bits per heavy atom. The fourth-order valence-electron chi connectivity index (χ4n) is 6.90. The van der Waals surface area contributed by atoms with Gasteiger partial charge in [0.05, 0.1) is 47.4 Å². The summed E-state index contributed by atoms with van der Waals surface area (Å²) in [6.07, 6.45) is -0.252. The van der Waals surface area contributed by atoms with Crippen molar-refractivity contribution in [3.05, 3.63) is 65.7 Å². The van der Waals surface area contributed by atoms with Crippen LogP contribution in [0.4, 0.5) is 5.69 Å². The van der Waals surface area contributed by atoms with Gasteiger partial charge in [-0.15, -0.1) is 0 Å². The van der Waals surface area contributed by atoms with Crippen molar-refractivity contribution in [2.75, 3.05) is 4.90 Å². The minimum atomic E-state index is -1.17. The predicted molar refractivity (Wildman–Crippen MR) is 138 cm³/mol. The van der Waals surface area contributed by atoms with Crippen molar-refractivity contribution >= 4 is 39.3 Å². The molecule has 4 aromatic rings. The van der Waals surface area contributed by atoms with Gasteiger partial charge in [0.15, 0.2) is 0 Å². The van der Waals surface area contributed by atoms with Gasteiger partial charge < -0.3 is 9.84 Å². The van der Waals surface area contributed by atoms with Gasteiger partial charge in [0, 0.05) is 17.2 Å². The van der Waals surface area contributed by atoms with Crippen molar-refractivity contribution in [3.8, 4) is 6.07 Å². The molecule has 3 aliphatic rings. The van der Waals surface area contributed by atoms with E-state index in [-0.39, 0.29) is 18.2 Å². The van der Waals surface area contributed by atoms with E-state index in [9.17, 15) is 20.0 Å². The standard InChI is InChI=1S/C29H25N5O4/c1-16-7-9-20-21(13-16)32-33(31-20)12-11-29-14-23(35)28(2,38-29)24-25(29)27(37)34(26(24)36)22-10-8-17(15-30)18-5-3-4-6-19(18)22/h3-10,13,23-25,35H,11-12,14H2,1-2H3/t23-,24-,25+,28-,29+/m0/s1. The van der Waals surface area contributed by atoms with Gasteiger partial charge in [0.25, 0.3) is 0 Å². The summed E-state index contributed by atoms with van der Waals surface area (Å²) in [6.45, 7) is 4.11. The van der Waals surface area contributed by atoms with Crippen LogP contribution < -0.4 is 4.90 Å². The Kier molecular flexibility index (Phi) is 4.66. The second-order valence-electron chi connectivity index (χ2n) is 10.9. The molecule has 3 aromatic carbocycles. The zero-order valence-electron chi connectivity index (χ0n) is 21.0. The summed E-state index contributed by atoms with van der Waals surface area (Å²) in [7, 11) is 0. The van der Waals surface area contributed by atoms with Crippen LogP contribution in [0.5, 0.6) is 0 Å². The van der Waals surface area contributed by atoms with Crippen LogP contribution in [0, 0.1) is 30.1 Å². The predicted octanol–water partition coefficient (Wildman–Crippen LogP) is 3.25. The first kappa shape index (κ1) is 23.0. The number of nitriles is 1. The molecular weight excluding hydrogens is 482 g/mol. The number of carbonyl (C=O) groups is 2. The van der Waals surface area contributed by atoms with Gasteiger partial charge in [-0.3, -0.25) is 9.59 Å². The number of imide groups is 1.